The summed E-state index contributed by atoms with van der Waals surface area (Å²) in [6.45, 7) is 1.08. The predicted molar refractivity (Wildman–Crippen MR) is 105 cm³/mol. The van der Waals surface area contributed by atoms with E-state index in [9.17, 15) is 14.0 Å². The zero-order valence-electron chi connectivity index (χ0n) is 14.7. The summed E-state index contributed by atoms with van der Waals surface area (Å²) in [6.07, 6.45) is 3.47. The summed E-state index contributed by atoms with van der Waals surface area (Å²) >= 11 is 2.77. The number of anilines is 1. The maximum Gasteiger partial charge on any atom is 0.260 e. The molecule has 0 spiro atoms. The molecule has 0 aliphatic carbocycles. The van der Waals surface area contributed by atoms with Crippen LogP contribution in [0.5, 0.6) is 0 Å². The van der Waals surface area contributed by atoms with Gasteiger partial charge in [-0.25, -0.2) is 9.37 Å². The summed E-state index contributed by atoms with van der Waals surface area (Å²) in [7, 11) is 0. The van der Waals surface area contributed by atoms with E-state index in [4.69, 9.17) is 4.42 Å². The fourth-order valence-electron chi connectivity index (χ4n) is 2.79. The quantitative estimate of drug-likeness (QED) is 0.639. The van der Waals surface area contributed by atoms with Gasteiger partial charge in [0.2, 0.25) is 5.91 Å². The molecule has 28 heavy (non-hydrogen) atoms. The largest absolute Gasteiger partial charge is 0.472 e. The SMILES string of the molecule is O=C(Nc1nc2c(s1)CN(C(=O)CSc1ccc(F)cc1)CC2)c1ccoc1. The molecule has 0 saturated heterocycles. The van der Waals surface area contributed by atoms with Gasteiger partial charge in [-0.1, -0.05) is 11.3 Å². The normalized spacial score (nSPS) is 13.2. The van der Waals surface area contributed by atoms with Gasteiger partial charge in [0.15, 0.2) is 5.13 Å². The molecule has 1 aliphatic heterocycles. The maximum atomic E-state index is 13.0. The first-order chi connectivity index (χ1) is 13.6. The number of carbonyl (C=O) groups is 2. The van der Waals surface area contributed by atoms with Crippen molar-refractivity contribution in [3.05, 3.63) is 64.8 Å². The summed E-state index contributed by atoms with van der Waals surface area (Å²) in [5.41, 5.74) is 1.35. The molecule has 3 heterocycles. The first kappa shape index (κ1) is 18.7. The molecule has 0 atom stereocenters. The number of thiazole rings is 1. The van der Waals surface area contributed by atoms with E-state index >= 15 is 0 Å². The minimum absolute atomic E-state index is 0.0253. The van der Waals surface area contributed by atoms with Gasteiger partial charge in [-0.2, -0.15) is 0 Å². The lowest BCUT2D eigenvalue weighted by atomic mass is 10.2. The van der Waals surface area contributed by atoms with Crippen LogP contribution in [0.25, 0.3) is 0 Å². The van der Waals surface area contributed by atoms with E-state index in [2.05, 4.69) is 10.3 Å². The van der Waals surface area contributed by atoms with E-state index < -0.39 is 0 Å². The molecule has 3 aromatic rings. The molecule has 2 aromatic heterocycles. The zero-order chi connectivity index (χ0) is 19.5. The van der Waals surface area contributed by atoms with Gasteiger partial charge < -0.3 is 9.32 Å². The Bertz CT molecular complexity index is 987. The molecule has 0 bridgehead atoms. The zero-order valence-corrected chi connectivity index (χ0v) is 16.3. The third kappa shape index (κ3) is 4.26. The molecule has 144 valence electrons. The third-order valence-corrected chi connectivity index (χ3v) is 6.26. The monoisotopic (exact) mass is 417 g/mol. The second-order valence-corrected chi connectivity index (χ2v) is 8.30. The number of halogens is 1. The van der Waals surface area contributed by atoms with E-state index in [1.54, 1.807) is 23.1 Å². The van der Waals surface area contributed by atoms with Crippen LogP contribution in [0.15, 0.2) is 52.2 Å². The number of benzene rings is 1. The maximum absolute atomic E-state index is 13.0. The Labute approximate surface area is 168 Å². The van der Waals surface area contributed by atoms with Gasteiger partial charge in [-0.3, -0.25) is 14.9 Å². The van der Waals surface area contributed by atoms with Crippen molar-refractivity contribution >= 4 is 40.0 Å². The molecule has 0 fully saturated rings. The van der Waals surface area contributed by atoms with Crippen LogP contribution in [0, 0.1) is 5.82 Å². The van der Waals surface area contributed by atoms with Crippen LogP contribution < -0.4 is 5.32 Å². The highest BCUT2D eigenvalue weighted by Gasteiger charge is 2.24. The topological polar surface area (TPSA) is 75.4 Å². The summed E-state index contributed by atoms with van der Waals surface area (Å²) < 4.78 is 17.9. The van der Waals surface area contributed by atoms with Crippen molar-refractivity contribution < 1.29 is 18.4 Å². The molecule has 0 unspecified atom stereocenters. The molecule has 1 N–H and O–H groups in total. The first-order valence-electron chi connectivity index (χ1n) is 8.57. The van der Waals surface area contributed by atoms with Gasteiger partial charge >= 0.3 is 0 Å². The third-order valence-electron chi connectivity index (χ3n) is 4.26. The lowest BCUT2D eigenvalue weighted by Crippen LogP contribution is -2.36. The van der Waals surface area contributed by atoms with Crippen LogP contribution in [0.4, 0.5) is 9.52 Å². The minimum atomic E-state index is -0.292. The van der Waals surface area contributed by atoms with Crippen LogP contribution in [-0.4, -0.2) is 34.0 Å². The molecule has 4 rings (SSSR count). The van der Waals surface area contributed by atoms with Crippen molar-refractivity contribution in [3.8, 4) is 0 Å². The lowest BCUT2D eigenvalue weighted by Gasteiger charge is -2.26. The Hall–Kier alpha value is -2.65. The molecule has 6 nitrogen and oxygen atoms in total. The molecule has 0 saturated carbocycles. The molecule has 9 heteroatoms. The van der Waals surface area contributed by atoms with Gasteiger partial charge in [0.1, 0.15) is 12.1 Å². The second kappa shape index (κ2) is 8.15. The molecule has 1 aliphatic rings. The number of carbonyl (C=O) groups excluding carboxylic acids is 2. The Kier molecular flexibility index (Phi) is 5.45. The fourth-order valence-corrected chi connectivity index (χ4v) is 4.61. The Balaban J connectivity index is 1.35. The van der Waals surface area contributed by atoms with Crippen molar-refractivity contribution in [2.75, 3.05) is 17.6 Å². The van der Waals surface area contributed by atoms with Crippen LogP contribution in [0.3, 0.4) is 0 Å². The number of hydrogen-bond acceptors (Lipinski definition) is 6. The number of nitrogens with one attached hydrogen (secondary N) is 1. The van der Waals surface area contributed by atoms with Crippen molar-refractivity contribution in [3.63, 3.8) is 0 Å². The van der Waals surface area contributed by atoms with Crippen LogP contribution in [-0.2, 0) is 17.8 Å². The fraction of sp³-hybridized carbons (Fsp3) is 0.211. The Morgan fingerprint density at radius 3 is 2.86 bits per heavy atom. The standard InChI is InChI=1S/C19H16FN3O3S2/c20-13-1-3-14(4-2-13)27-11-17(24)23-7-5-15-16(9-23)28-19(21-15)22-18(25)12-6-8-26-10-12/h1-4,6,8,10H,5,7,9,11H2,(H,21,22,25). The number of hydrogen-bond donors (Lipinski definition) is 1. The number of amides is 2. The smallest absolute Gasteiger partial charge is 0.260 e. The average Bonchev–Trinajstić information content (AvgIpc) is 3.36. The highest BCUT2D eigenvalue weighted by atomic mass is 32.2. The van der Waals surface area contributed by atoms with Gasteiger partial charge in [-0.15, -0.1) is 11.8 Å². The summed E-state index contributed by atoms with van der Waals surface area (Å²) in [6, 6.07) is 7.69. The van der Waals surface area contributed by atoms with E-state index in [0.717, 1.165) is 15.5 Å². The van der Waals surface area contributed by atoms with Crippen LogP contribution in [0.2, 0.25) is 0 Å². The van der Waals surface area contributed by atoms with Gasteiger partial charge in [0.05, 0.1) is 29.8 Å². The highest BCUT2D eigenvalue weighted by molar-refractivity contribution is 8.00. The van der Waals surface area contributed by atoms with E-state index in [-0.39, 0.29) is 17.6 Å². The van der Waals surface area contributed by atoms with E-state index in [0.29, 0.717) is 36.0 Å². The van der Waals surface area contributed by atoms with Gasteiger partial charge in [-0.05, 0) is 30.3 Å². The second-order valence-electron chi connectivity index (χ2n) is 6.16. The molecule has 0 radical (unpaired) electrons. The number of nitrogens with zero attached hydrogens (tertiary/aromatic N) is 2. The van der Waals surface area contributed by atoms with Crippen molar-refractivity contribution in [2.24, 2.45) is 0 Å². The Morgan fingerprint density at radius 1 is 1.29 bits per heavy atom. The number of fused-ring (bicyclic) bond motifs is 1. The summed E-state index contributed by atoms with van der Waals surface area (Å²) in [4.78, 5) is 32.7. The van der Waals surface area contributed by atoms with Crippen molar-refractivity contribution in [1.82, 2.24) is 9.88 Å². The number of furan rings is 1. The number of rotatable bonds is 5. The highest BCUT2D eigenvalue weighted by Crippen LogP contribution is 2.29. The predicted octanol–water partition coefficient (Wildman–Crippen LogP) is 3.80. The van der Waals surface area contributed by atoms with Crippen LogP contribution >= 0.6 is 23.1 Å². The molecule has 1 aromatic carbocycles. The van der Waals surface area contributed by atoms with Crippen molar-refractivity contribution in [1.29, 1.82) is 0 Å². The number of aromatic nitrogens is 1. The summed E-state index contributed by atoms with van der Waals surface area (Å²) in [5, 5.41) is 3.29. The number of thioether (sulfide) groups is 1. The average molecular weight is 417 g/mol. The summed E-state index contributed by atoms with van der Waals surface area (Å²) in [5.74, 6) is -0.245. The van der Waals surface area contributed by atoms with Gasteiger partial charge in [0, 0.05) is 22.7 Å². The van der Waals surface area contributed by atoms with Gasteiger partial charge in [0.25, 0.3) is 5.91 Å². The van der Waals surface area contributed by atoms with Crippen molar-refractivity contribution in [2.45, 2.75) is 17.9 Å². The first-order valence-corrected chi connectivity index (χ1v) is 10.4. The molecule has 2 amide bonds. The Morgan fingerprint density at radius 2 is 2.11 bits per heavy atom. The van der Waals surface area contributed by atoms with E-state index in [1.165, 1.54) is 47.8 Å². The van der Waals surface area contributed by atoms with E-state index in [1.807, 2.05) is 0 Å². The van der Waals surface area contributed by atoms with Crippen LogP contribution in [0.1, 0.15) is 20.9 Å². The lowest BCUT2D eigenvalue weighted by molar-refractivity contribution is -0.129. The molecular formula is C19H16FN3O3S2. The minimum Gasteiger partial charge on any atom is -0.472 e. The molecular weight excluding hydrogens is 401 g/mol.